The minimum atomic E-state index is 0.263. The van der Waals surface area contributed by atoms with Gasteiger partial charge in [-0.2, -0.15) is 0 Å². The van der Waals surface area contributed by atoms with Gasteiger partial charge in [0, 0.05) is 5.54 Å². The molecule has 0 atom stereocenters. The molecule has 1 aliphatic carbocycles. The maximum Gasteiger partial charge on any atom is 0.0130 e. The molecule has 0 saturated heterocycles. The Kier molecular flexibility index (Phi) is 5.75. The summed E-state index contributed by atoms with van der Waals surface area (Å²) in [6.45, 7) is 20.2. The normalized spacial score (nSPS) is 25.8. The topological polar surface area (TPSA) is 12.0 Å². The molecule has 120 valence electrons. The van der Waals surface area contributed by atoms with Crippen molar-refractivity contribution < 1.29 is 0 Å². The summed E-state index contributed by atoms with van der Waals surface area (Å²) in [6.07, 6.45) is 6.92. The van der Waals surface area contributed by atoms with Crippen LogP contribution in [0.4, 0.5) is 0 Å². The maximum absolute atomic E-state index is 3.84. The molecule has 1 fully saturated rings. The molecule has 0 aromatic heterocycles. The average molecular weight is 282 g/mol. The van der Waals surface area contributed by atoms with Crippen LogP contribution in [-0.4, -0.2) is 12.1 Å². The summed E-state index contributed by atoms with van der Waals surface area (Å²) in [5.41, 5.74) is 1.17. The molecule has 0 aliphatic heterocycles. The summed E-state index contributed by atoms with van der Waals surface area (Å²) >= 11 is 0. The first-order valence-electron chi connectivity index (χ1n) is 8.64. The van der Waals surface area contributed by atoms with Gasteiger partial charge in [0.1, 0.15) is 0 Å². The van der Waals surface area contributed by atoms with Crippen LogP contribution < -0.4 is 5.32 Å². The minimum absolute atomic E-state index is 0.263. The highest BCUT2D eigenvalue weighted by atomic mass is 15.0. The highest BCUT2D eigenvalue weighted by molar-refractivity contribution is 4.86. The Morgan fingerprint density at radius 2 is 1.30 bits per heavy atom. The van der Waals surface area contributed by atoms with Crippen LogP contribution in [0.1, 0.15) is 87.5 Å². The van der Waals surface area contributed by atoms with E-state index in [-0.39, 0.29) is 5.54 Å². The Labute approximate surface area is 128 Å². The van der Waals surface area contributed by atoms with Gasteiger partial charge in [0.2, 0.25) is 0 Å². The molecule has 0 radical (unpaired) electrons. The second-order valence-electron chi connectivity index (χ2n) is 10.1. The van der Waals surface area contributed by atoms with Crippen molar-refractivity contribution in [3.8, 4) is 0 Å². The molecule has 1 heteroatoms. The van der Waals surface area contributed by atoms with Gasteiger partial charge in [0.25, 0.3) is 0 Å². The van der Waals surface area contributed by atoms with Gasteiger partial charge in [-0.05, 0) is 75.2 Å². The van der Waals surface area contributed by atoms with Gasteiger partial charge in [0.15, 0.2) is 0 Å². The molecule has 1 rings (SSSR count). The van der Waals surface area contributed by atoms with Crippen LogP contribution >= 0.6 is 0 Å². The van der Waals surface area contributed by atoms with Crippen LogP contribution in [0, 0.1) is 22.7 Å². The fourth-order valence-corrected chi connectivity index (χ4v) is 4.04. The molecule has 0 heterocycles. The fourth-order valence-electron chi connectivity index (χ4n) is 4.04. The van der Waals surface area contributed by atoms with E-state index in [1.165, 1.54) is 38.6 Å². The number of rotatable bonds is 4. The van der Waals surface area contributed by atoms with Crippen molar-refractivity contribution in [2.45, 2.75) is 93.0 Å². The Morgan fingerprint density at radius 3 is 1.70 bits per heavy atom. The van der Waals surface area contributed by atoms with E-state index < -0.39 is 0 Å². The van der Waals surface area contributed by atoms with Crippen LogP contribution in [0.15, 0.2) is 0 Å². The number of hydrogen-bond acceptors (Lipinski definition) is 1. The van der Waals surface area contributed by atoms with E-state index >= 15 is 0 Å². The lowest BCUT2D eigenvalue weighted by molar-refractivity contribution is 0.141. The predicted octanol–water partition coefficient (Wildman–Crippen LogP) is 5.64. The lowest BCUT2D eigenvalue weighted by Gasteiger charge is -2.39. The van der Waals surface area contributed by atoms with Gasteiger partial charge in [-0.25, -0.2) is 0 Å². The smallest absolute Gasteiger partial charge is 0.0130 e. The van der Waals surface area contributed by atoms with Gasteiger partial charge in [-0.3, -0.25) is 0 Å². The minimum Gasteiger partial charge on any atom is -0.311 e. The van der Waals surface area contributed by atoms with Crippen molar-refractivity contribution >= 4 is 0 Å². The lowest BCUT2D eigenvalue weighted by Crippen LogP contribution is -2.45. The lowest BCUT2D eigenvalue weighted by atomic mass is 9.69. The molecule has 20 heavy (non-hydrogen) atoms. The highest BCUT2D eigenvalue weighted by Gasteiger charge is 2.31. The van der Waals surface area contributed by atoms with E-state index in [0.717, 1.165) is 11.8 Å². The van der Waals surface area contributed by atoms with E-state index in [1.54, 1.807) is 0 Å². The molecule has 0 bridgehead atoms. The Balaban J connectivity index is 2.34. The second-order valence-corrected chi connectivity index (χ2v) is 10.1. The standard InChI is InChI=1S/C19H39N/c1-17(2,3)14-19(7,8)20-13-15-9-11-16(12-10-15)18(4,5)6/h15-16,20H,9-14H2,1-8H3. The van der Waals surface area contributed by atoms with Crippen LogP contribution in [0.5, 0.6) is 0 Å². The Bertz CT molecular complexity index is 282. The second kappa shape index (κ2) is 6.38. The summed E-state index contributed by atoms with van der Waals surface area (Å²) in [5, 5.41) is 3.84. The monoisotopic (exact) mass is 281 g/mol. The van der Waals surface area contributed by atoms with Gasteiger partial charge in [0.05, 0.1) is 0 Å². The first-order chi connectivity index (χ1) is 8.89. The Hall–Kier alpha value is -0.0400. The summed E-state index contributed by atoms with van der Waals surface area (Å²) in [5.74, 6) is 1.83. The maximum atomic E-state index is 3.84. The molecule has 0 aromatic rings. The summed E-state index contributed by atoms with van der Waals surface area (Å²) in [6, 6.07) is 0. The number of hydrogen-bond donors (Lipinski definition) is 1. The van der Waals surface area contributed by atoms with E-state index in [1.807, 2.05) is 0 Å². The van der Waals surface area contributed by atoms with Crippen LogP contribution in [0.3, 0.4) is 0 Å². The fraction of sp³-hybridized carbons (Fsp3) is 1.00. The van der Waals surface area contributed by atoms with Crippen molar-refractivity contribution in [2.24, 2.45) is 22.7 Å². The van der Waals surface area contributed by atoms with Gasteiger partial charge in [-0.1, -0.05) is 41.5 Å². The van der Waals surface area contributed by atoms with Crippen molar-refractivity contribution in [1.29, 1.82) is 0 Å². The molecule has 1 aliphatic rings. The van der Waals surface area contributed by atoms with Crippen LogP contribution in [0.2, 0.25) is 0 Å². The molecule has 1 saturated carbocycles. The van der Waals surface area contributed by atoms with Gasteiger partial charge in [-0.15, -0.1) is 0 Å². The zero-order valence-electron chi connectivity index (χ0n) is 15.4. The Morgan fingerprint density at radius 1 is 0.800 bits per heavy atom. The van der Waals surface area contributed by atoms with E-state index in [4.69, 9.17) is 0 Å². The first-order valence-corrected chi connectivity index (χ1v) is 8.64. The molecular formula is C19H39N. The molecule has 0 amide bonds. The van der Waals surface area contributed by atoms with E-state index in [2.05, 4.69) is 60.7 Å². The molecule has 0 unspecified atom stereocenters. The average Bonchev–Trinajstić information content (AvgIpc) is 2.22. The van der Waals surface area contributed by atoms with Crippen molar-refractivity contribution in [1.82, 2.24) is 5.32 Å². The van der Waals surface area contributed by atoms with Gasteiger partial charge >= 0.3 is 0 Å². The van der Waals surface area contributed by atoms with Crippen LogP contribution in [-0.2, 0) is 0 Å². The molecule has 1 N–H and O–H groups in total. The summed E-state index contributed by atoms with van der Waals surface area (Å²) < 4.78 is 0. The highest BCUT2D eigenvalue weighted by Crippen LogP contribution is 2.39. The molecule has 0 aromatic carbocycles. The van der Waals surface area contributed by atoms with Crippen molar-refractivity contribution in [3.63, 3.8) is 0 Å². The van der Waals surface area contributed by atoms with Crippen molar-refractivity contribution in [2.75, 3.05) is 6.54 Å². The summed E-state index contributed by atoms with van der Waals surface area (Å²) in [4.78, 5) is 0. The van der Waals surface area contributed by atoms with Crippen molar-refractivity contribution in [3.05, 3.63) is 0 Å². The SMILES string of the molecule is CC(C)(C)CC(C)(C)NCC1CCC(C(C)(C)C)CC1. The zero-order valence-corrected chi connectivity index (χ0v) is 15.4. The summed E-state index contributed by atoms with van der Waals surface area (Å²) in [7, 11) is 0. The van der Waals surface area contributed by atoms with E-state index in [9.17, 15) is 0 Å². The third-order valence-electron chi connectivity index (χ3n) is 4.91. The number of nitrogens with one attached hydrogen (secondary N) is 1. The third-order valence-corrected chi connectivity index (χ3v) is 4.91. The quantitative estimate of drug-likeness (QED) is 0.703. The third kappa shape index (κ3) is 6.61. The molecule has 1 nitrogen and oxygen atoms in total. The van der Waals surface area contributed by atoms with Gasteiger partial charge < -0.3 is 5.32 Å². The molecular weight excluding hydrogens is 242 g/mol. The zero-order chi connectivity index (χ0) is 15.6. The molecule has 0 spiro atoms. The van der Waals surface area contributed by atoms with E-state index in [0.29, 0.717) is 10.8 Å². The first kappa shape index (κ1) is 18.0. The predicted molar refractivity (Wildman–Crippen MR) is 91.1 cm³/mol. The van der Waals surface area contributed by atoms with Crippen LogP contribution in [0.25, 0.3) is 0 Å². The largest absolute Gasteiger partial charge is 0.311 e.